The van der Waals surface area contributed by atoms with E-state index in [-0.39, 0.29) is 62.8 Å². The number of ether oxygens (including phenoxy) is 3. The van der Waals surface area contributed by atoms with Crippen LogP contribution in [0.1, 0.15) is 24.5 Å². The number of hydrogen-bond donors (Lipinski definition) is 1. The van der Waals surface area contributed by atoms with Crippen LogP contribution in [0.15, 0.2) is 36.4 Å². The summed E-state index contributed by atoms with van der Waals surface area (Å²) in [5.41, 5.74) is 1.52. The van der Waals surface area contributed by atoms with Gasteiger partial charge in [0, 0.05) is 63.5 Å². The van der Waals surface area contributed by atoms with E-state index in [4.69, 9.17) is 24.7 Å². The van der Waals surface area contributed by atoms with Crippen LogP contribution in [0, 0.1) is 28.9 Å². The normalized spacial score (nSPS) is 16.7. The molecule has 0 aromatic heterocycles. The van der Waals surface area contributed by atoms with E-state index in [9.17, 15) is 8.78 Å². The first-order chi connectivity index (χ1) is 17.0. The van der Waals surface area contributed by atoms with E-state index in [2.05, 4.69) is 16.3 Å². The van der Waals surface area contributed by atoms with Gasteiger partial charge in [0.05, 0.1) is 38.6 Å². The Morgan fingerprint density at radius 2 is 1.78 bits per heavy atom. The van der Waals surface area contributed by atoms with Crippen molar-refractivity contribution in [1.29, 1.82) is 5.26 Å². The number of nitriles is 1. The summed E-state index contributed by atoms with van der Waals surface area (Å²) in [6, 6.07) is 12.0. The van der Waals surface area contributed by atoms with Crippen molar-refractivity contribution in [3.8, 4) is 11.8 Å². The molecular weight excluding hydrogens is 549 g/mol. The van der Waals surface area contributed by atoms with E-state index >= 15 is 0 Å². The number of anilines is 1. The molecule has 0 spiro atoms. The van der Waals surface area contributed by atoms with E-state index < -0.39 is 11.6 Å². The number of rotatable bonds is 10. The van der Waals surface area contributed by atoms with Gasteiger partial charge in [0.25, 0.3) is 0 Å². The Hall–Kier alpha value is -1.71. The summed E-state index contributed by atoms with van der Waals surface area (Å²) in [4.78, 5) is 5.45. The van der Waals surface area contributed by atoms with Gasteiger partial charge in [-0.3, -0.25) is 5.26 Å². The Morgan fingerprint density at radius 1 is 1.14 bits per heavy atom. The summed E-state index contributed by atoms with van der Waals surface area (Å²) in [5.74, 6) is -1.82. The molecule has 0 saturated carbocycles. The minimum Gasteiger partial charge on any atom is -0.665 e. The maximum absolute atomic E-state index is 14.6. The Kier molecular flexibility index (Phi) is 15.9. The van der Waals surface area contributed by atoms with Crippen LogP contribution in [0.2, 0.25) is 0 Å². The van der Waals surface area contributed by atoms with Crippen molar-refractivity contribution < 1.29 is 65.8 Å². The van der Waals surface area contributed by atoms with Gasteiger partial charge >= 0.3 is 0 Å². The number of methoxy groups -OCH3 is 1. The van der Waals surface area contributed by atoms with E-state index in [1.165, 1.54) is 19.2 Å². The first kappa shape index (κ1) is 32.3. The Bertz CT molecular complexity index is 937. The average Bonchev–Trinajstić information content (AvgIpc) is 2.90. The molecule has 1 heterocycles. The van der Waals surface area contributed by atoms with Crippen LogP contribution in [0.5, 0.6) is 5.75 Å². The second kappa shape index (κ2) is 17.7. The standard InChI is InChI=1S/C23H26F2N3O3.C2H6O2.Y/c1-27-12-17-14-30-21(31-15-17)9-10-28(19-6-3-16(11-26)4-7-19)13-18-5-8-20(29-2)23(25)22(18)24;1-2-4-3;/h3-8,17,21H,9-10,12-15H2,1-2H3;3H,2H2,1H3;/q-1;;. The van der Waals surface area contributed by atoms with Gasteiger partial charge in [-0.2, -0.15) is 16.7 Å². The van der Waals surface area contributed by atoms with Gasteiger partial charge in [-0.1, -0.05) is 6.07 Å². The summed E-state index contributed by atoms with van der Waals surface area (Å²) < 4.78 is 45.2. The molecule has 1 aliphatic rings. The quantitative estimate of drug-likeness (QED) is 0.320. The van der Waals surface area contributed by atoms with E-state index in [1.807, 2.05) is 4.90 Å². The van der Waals surface area contributed by atoms with Crippen molar-refractivity contribution in [2.75, 3.05) is 52.0 Å². The molecule has 11 heteroatoms. The fourth-order valence-electron chi connectivity index (χ4n) is 3.48. The molecular formula is C25H32F2N3O5Y-. The predicted molar refractivity (Wildman–Crippen MR) is 127 cm³/mol. The summed E-state index contributed by atoms with van der Waals surface area (Å²) in [7, 11) is 3.06. The molecule has 3 rings (SSSR count). The van der Waals surface area contributed by atoms with Gasteiger partial charge in [0.1, 0.15) is 0 Å². The number of benzene rings is 2. The molecule has 0 aliphatic carbocycles. The Morgan fingerprint density at radius 3 is 2.31 bits per heavy atom. The first-order valence-corrected chi connectivity index (χ1v) is 11.3. The zero-order valence-corrected chi connectivity index (χ0v) is 23.7. The van der Waals surface area contributed by atoms with Crippen LogP contribution in [0.25, 0.3) is 5.32 Å². The zero-order valence-electron chi connectivity index (χ0n) is 20.8. The van der Waals surface area contributed by atoms with Crippen LogP contribution >= 0.6 is 0 Å². The third-order valence-electron chi connectivity index (χ3n) is 5.31. The zero-order chi connectivity index (χ0) is 25.6. The summed E-state index contributed by atoms with van der Waals surface area (Å²) in [5, 5.41) is 20.5. The molecule has 1 fully saturated rings. The van der Waals surface area contributed by atoms with Gasteiger partial charge in [-0.05, 0) is 43.2 Å². The molecule has 0 atom stereocenters. The molecule has 1 radical (unpaired) electrons. The summed E-state index contributed by atoms with van der Waals surface area (Å²) >= 11 is 0. The molecule has 8 nitrogen and oxygen atoms in total. The number of halogens is 2. The van der Waals surface area contributed by atoms with E-state index in [1.54, 1.807) is 38.2 Å². The van der Waals surface area contributed by atoms with Crippen molar-refractivity contribution in [1.82, 2.24) is 0 Å². The van der Waals surface area contributed by atoms with Crippen LogP contribution in [0.3, 0.4) is 0 Å². The summed E-state index contributed by atoms with van der Waals surface area (Å²) in [6.45, 7) is 4.58. The fourth-order valence-corrected chi connectivity index (χ4v) is 3.48. The third kappa shape index (κ3) is 9.98. The second-order valence-electron chi connectivity index (χ2n) is 7.80. The van der Waals surface area contributed by atoms with Gasteiger partial charge in [-0.25, -0.2) is 9.28 Å². The molecule has 2 aromatic rings. The predicted octanol–water partition coefficient (Wildman–Crippen LogP) is 4.73. The number of hydrogen-bond acceptors (Lipinski definition) is 7. The smallest absolute Gasteiger partial charge is 0.200 e. The van der Waals surface area contributed by atoms with Crippen molar-refractivity contribution >= 4 is 5.69 Å². The Labute approximate surface area is 236 Å². The maximum Gasteiger partial charge on any atom is 0.200 e. The molecule has 0 bridgehead atoms. The largest absolute Gasteiger partial charge is 0.665 e. The monoisotopic (exact) mass is 581 g/mol. The van der Waals surface area contributed by atoms with E-state index in [0.29, 0.717) is 44.9 Å². The maximum atomic E-state index is 14.6. The molecule has 1 N–H and O–H groups in total. The number of nitrogens with zero attached hydrogens (tertiary/aromatic N) is 3. The van der Waals surface area contributed by atoms with Crippen LogP contribution in [-0.4, -0.2) is 58.6 Å². The molecule has 36 heavy (non-hydrogen) atoms. The van der Waals surface area contributed by atoms with Gasteiger partial charge < -0.3 is 24.4 Å². The molecule has 2 aromatic carbocycles. The van der Waals surface area contributed by atoms with Crippen molar-refractivity contribution in [2.45, 2.75) is 26.2 Å². The average molecular weight is 581 g/mol. The van der Waals surface area contributed by atoms with Crippen LogP contribution < -0.4 is 9.64 Å². The van der Waals surface area contributed by atoms with Crippen molar-refractivity contribution in [3.63, 3.8) is 0 Å². The van der Waals surface area contributed by atoms with Crippen LogP contribution in [0.4, 0.5) is 14.5 Å². The Balaban J connectivity index is 0.00000120. The fraction of sp³-hybridized carbons (Fsp3) is 0.480. The van der Waals surface area contributed by atoms with Crippen molar-refractivity contribution in [3.05, 3.63) is 64.5 Å². The van der Waals surface area contributed by atoms with Crippen LogP contribution in [-0.2, 0) is 53.6 Å². The third-order valence-corrected chi connectivity index (χ3v) is 5.31. The first-order valence-electron chi connectivity index (χ1n) is 11.3. The minimum atomic E-state index is -1.01. The minimum absolute atomic E-state index is 0. The molecule has 1 aliphatic heterocycles. The second-order valence-corrected chi connectivity index (χ2v) is 7.80. The van der Waals surface area contributed by atoms with Crippen molar-refractivity contribution in [2.24, 2.45) is 5.92 Å². The van der Waals surface area contributed by atoms with Gasteiger partial charge in [0.2, 0.25) is 5.82 Å². The molecule has 0 unspecified atom stereocenters. The topological polar surface area (TPSA) is 98.3 Å². The SMILES string of the molecule is CCOO.C[N-]CC1COC(CCN(Cc2ccc(OC)c(F)c2F)c2ccc(C#N)cc2)OC1.[Y]. The molecule has 195 valence electrons. The summed E-state index contributed by atoms with van der Waals surface area (Å²) in [6.07, 6.45) is 0.183. The van der Waals surface area contributed by atoms with E-state index in [0.717, 1.165) is 5.69 Å². The molecule has 1 saturated heterocycles. The van der Waals surface area contributed by atoms with Gasteiger partial charge in [0.15, 0.2) is 17.9 Å². The van der Waals surface area contributed by atoms with Gasteiger partial charge in [-0.15, -0.1) is 6.54 Å². The molecule has 0 amide bonds.